The van der Waals surface area contributed by atoms with Crippen molar-refractivity contribution in [2.24, 2.45) is 0 Å². The highest BCUT2D eigenvalue weighted by molar-refractivity contribution is 5.36. The van der Waals surface area contributed by atoms with Crippen LogP contribution in [0.4, 0.5) is 0 Å². The number of allylic oxidation sites excluding steroid dienone is 1. The lowest BCUT2D eigenvalue weighted by molar-refractivity contribution is -0.128. The van der Waals surface area contributed by atoms with E-state index in [0.29, 0.717) is 13.1 Å². The average Bonchev–Trinajstić information content (AvgIpc) is 2.62. The Morgan fingerprint density at radius 3 is 1.92 bits per heavy atom. The Morgan fingerprint density at radius 2 is 1.85 bits per heavy atom. The molecule has 0 radical (unpaired) electrons. The van der Waals surface area contributed by atoms with Crippen molar-refractivity contribution in [1.29, 1.82) is 0 Å². The van der Waals surface area contributed by atoms with E-state index in [0.717, 1.165) is 0 Å². The molecule has 1 aliphatic rings. The third-order valence-electron chi connectivity index (χ3n) is 1.55. The zero-order valence-electron chi connectivity index (χ0n) is 9.14. The van der Waals surface area contributed by atoms with E-state index in [9.17, 15) is 4.79 Å². The predicted molar refractivity (Wildman–Crippen MR) is 56.6 cm³/mol. The first-order chi connectivity index (χ1) is 6.31. The van der Waals surface area contributed by atoms with Crippen molar-refractivity contribution in [2.45, 2.75) is 46.5 Å². The van der Waals surface area contributed by atoms with Crippen molar-refractivity contribution in [2.75, 3.05) is 6.61 Å². The number of ether oxygens (including phenoxy) is 1. The van der Waals surface area contributed by atoms with Crippen molar-refractivity contribution < 1.29 is 9.53 Å². The van der Waals surface area contributed by atoms with Crippen LogP contribution in [0, 0.1) is 0 Å². The van der Waals surface area contributed by atoms with Crippen LogP contribution in [0.15, 0.2) is 12.2 Å². The summed E-state index contributed by atoms with van der Waals surface area (Å²) >= 11 is 0. The van der Waals surface area contributed by atoms with Crippen molar-refractivity contribution in [3.8, 4) is 0 Å². The Labute approximate surface area is 82.0 Å². The van der Waals surface area contributed by atoms with Crippen LogP contribution in [0.5, 0.6) is 0 Å². The van der Waals surface area contributed by atoms with Gasteiger partial charge in [0.2, 0.25) is 0 Å². The second-order valence-electron chi connectivity index (χ2n) is 2.51. The van der Waals surface area contributed by atoms with E-state index in [4.69, 9.17) is 0 Å². The van der Waals surface area contributed by atoms with Crippen LogP contribution in [0.2, 0.25) is 0 Å². The Bertz CT molecular complexity index is 111. The maximum Gasteiger partial charge on any atom is 0.293 e. The molecule has 0 saturated heterocycles. The fourth-order valence-corrected chi connectivity index (χ4v) is 0.943. The van der Waals surface area contributed by atoms with Gasteiger partial charge in [0.05, 0.1) is 6.61 Å². The van der Waals surface area contributed by atoms with Crippen LogP contribution >= 0.6 is 0 Å². The molecule has 0 N–H and O–H groups in total. The van der Waals surface area contributed by atoms with Crippen molar-refractivity contribution >= 4 is 6.47 Å². The van der Waals surface area contributed by atoms with E-state index in [1.807, 2.05) is 13.8 Å². The molecule has 13 heavy (non-hydrogen) atoms. The van der Waals surface area contributed by atoms with Gasteiger partial charge in [0.25, 0.3) is 6.47 Å². The number of carbonyl (C=O) groups is 1. The molecule has 2 heteroatoms. The summed E-state index contributed by atoms with van der Waals surface area (Å²) in [5.74, 6) is 0. The number of hydrogen-bond acceptors (Lipinski definition) is 2. The topological polar surface area (TPSA) is 26.3 Å². The molecule has 0 spiro atoms. The van der Waals surface area contributed by atoms with Gasteiger partial charge in [-0.15, -0.1) is 0 Å². The zero-order valence-corrected chi connectivity index (χ0v) is 9.14. The molecule has 1 saturated carbocycles. The summed E-state index contributed by atoms with van der Waals surface area (Å²) in [6.45, 7) is 10.5. The molecular weight excluding hydrogens is 164 g/mol. The van der Waals surface area contributed by atoms with Gasteiger partial charge < -0.3 is 4.74 Å². The molecule has 2 nitrogen and oxygen atoms in total. The summed E-state index contributed by atoms with van der Waals surface area (Å²) in [5.41, 5.74) is 1.45. The van der Waals surface area contributed by atoms with Gasteiger partial charge in [-0.05, 0) is 32.6 Å². The van der Waals surface area contributed by atoms with Gasteiger partial charge in [-0.1, -0.05) is 26.0 Å². The van der Waals surface area contributed by atoms with Gasteiger partial charge in [-0.25, -0.2) is 0 Å². The predicted octanol–water partition coefficient (Wildman–Crippen LogP) is 3.32. The molecule has 1 aliphatic carbocycles. The Kier molecular flexibility index (Phi) is 15.6. The molecular formula is C11H22O2. The van der Waals surface area contributed by atoms with E-state index in [-0.39, 0.29) is 0 Å². The van der Waals surface area contributed by atoms with Crippen LogP contribution in [-0.2, 0) is 9.53 Å². The van der Waals surface area contributed by atoms with Crippen molar-refractivity contribution in [3.63, 3.8) is 0 Å². The minimum absolute atomic E-state index is 0.431. The SMILES string of the molecule is C=C1CCCC1.CC.CCOC=O. The minimum atomic E-state index is 0.431. The second-order valence-corrected chi connectivity index (χ2v) is 2.51. The smallest absolute Gasteiger partial charge is 0.293 e. The summed E-state index contributed by atoms with van der Waals surface area (Å²) in [7, 11) is 0. The fraction of sp³-hybridized carbons (Fsp3) is 0.727. The molecule has 0 aromatic heterocycles. The largest absolute Gasteiger partial charge is 0.468 e. The van der Waals surface area contributed by atoms with Crippen LogP contribution in [0.25, 0.3) is 0 Å². The molecule has 0 heterocycles. The van der Waals surface area contributed by atoms with Crippen molar-refractivity contribution in [3.05, 3.63) is 12.2 Å². The molecule has 0 aromatic rings. The minimum Gasteiger partial charge on any atom is -0.468 e. The first-order valence-corrected chi connectivity index (χ1v) is 5.03. The maximum atomic E-state index is 9.18. The van der Waals surface area contributed by atoms with Crippen molar-refractivity contribution in [1.82, 2.24) is 0 Å². The summed E-state index contributed by atoms with van der Waals surface area (Å²) in [6.07, 6.45) is 5.36. The van der Waals surface area contributed by atoms with E-state index in [2.05, 4.69) is 11.3 Å². The first kappa shape index (κ1) is 14.7. The zero-order chi connectivity index (χ0) is 10.5. The average molecular weight is 186 g/mol. The fourth-order valence-electron chi connectivity index (χ4n) is 0.943. The number of rotatable bonds is 2. The van der Waals surface area contributed by atoms with E-state index in [1.54, 1.807) is 6.92 Å². The third-order valence-corrected chi connectivity index (χ3v) is 1.55. The second kappa shape index (κ2) is 13.8. The molecule has 0 amide bonds. The summed E-state index contributed by atoms with van der Waals surface area (Å²) in [4.78, 5) is 9.18. The standard InChI is InChI=1S/C6H10.C3H6O2.C2H6/c1-6-4-2-3-5-6;1-2-5-3-4;1-2/h1-5H2;3H,2H2,1H3;1-2H3. The number of hydrogen-bond donors (Lipinski definition) is 0. The van der Waals surface area contributed by atoms with Gasteiger partial charge in [-0.3, -0.25) is 4.79 Å². The van der Waals surface area contributed by atoms with Gasteiger partial charge in [0, 0.05) is 0 Å². The molecule has 1 rings (SSSR count). The molecule has 1 fully saturated rings. The molecule has 0 atom stereocenters. The highest BCUT2D eigenvalue weighted by Crippen LogP contribution is 2.20. The lowest BCUT2D eigenvalue weighted by atomic mass is 10.3. The highest BCUT2D eigenvalue weighted by atomic mass is 16.5. The molecule has 78 valence electrons. The summed E-state index contributed by atoms with van der Waals surface area (Å²) < 4.78 is 4.15. The van der Waals surface area contributed by atoms with Gasteiger partial charge in [-0.2, -0.15) is 0 Å². The maximum absolute atomic E-state index is 9.18. The van der Waals surface area contributed by atoms with Gasteiger partial charge in [0.1, 0.15) is 0 Å². The summed E-state index contributed by atoms with van der Waals surface area (Å²) in [5, 5.41) is 0. The Balaban J connectivity index is 0. The van der Waals surface area contributed by atoms with Crippen LogP contribution < -0.4 is 0 Å². The van der Waals surface area contributed by atoms with Crippen LogP contribution in [0.3, 0.4) is 0 Å². The van der Waals surface area contributed by atoms with E-state index in [1.165, 1.54) is 31.3 Å². The molecule has 0 bridgehead atoms. The van der Waals surface area contributed by atoms with Gasteiger partial charge >= 0.3 is 0 Å². The monoisotopic (exact) mass is 186 g/mol. The normalized spacial score (nSPS) is 13.3. The summed E-state index contributed by atoms with van der Waals surface area (Å²) in [6, 6.07) is 0. The highest BCUT2D eigenvalue weighted by Gasteiger charge is 2.01. The first-order valence-electron chi connectivity index (χ1n) is 5.03. The van der Waals surface area contributed by atoms with Crippen LogP contribution in [-0.4, -0.2) is 13.1 Å². The van der Waals surface area contributed by atoms with Crippen LogP contribution in [0.1, 0.15) is 46.5 Å². The van der Waals surface area contributed by atoms with Gasteiger partial charge in [0.15, 0.2) is 0 Å². The molecule has 0 aliphatic heterocycles. The Morgan fingerprint density at radius 1 is 1.38 bits per heavy atom. The third kappa shape index (κ3) is 14.1. The lowest BCUT2D eigenvalue weighted by Crippen LogP contribution is -1.80. The lowest BCUT2D eigenvalue weighted by Gasteiger charge is -1.80. The van der Waals surface area contributed by atoms with E-state index >= 15 is 0 Å². The molecule has 0 unspecified atom stereocenters. The van der Waals surface area contributed by atoms with E-state index < -0.39 is 0 Å². The quantitative estimate of drug-likeness (QED) is 0.488. The molecule has 0 aromatic carbocycles. The number of carbonyl (C=O) groups excluding carboxylic acids is 1. The Hall–Kier alpha value is -0.790.